The van der Waals surface area contributed by atoms with Crippen LogP contribution in [0.5, 0.6) is 5.75 Å². The van der Waals surface area contributed by atoms with Gasteiger partial charge in [-0.15, -0.1) is 10.2 Å². The molecular formula is C19H24N4O2S. The van der Waals surface area contributed by atoms with Crippen molar-refractivity contribution in [2.24, 2.45) is 0 Å². The summed E-state index contributed by atoms with van der Waals surface area (Å²) in [5.41, 5.74) is 3.46. The van der Waals surface area contributed by atoms with E-state index in [0.29, 0.717) is 23.5 Å². The van der Waals surface area contributed by atoms with Gasteiger partial charge in [-0.05, 0) is 49.1 Å². The second-order valence-corrected chi connectivity index (χ2v) is 7.50. The number of furan rings is 1. The highest BCUT2D eigenvalue weighted by atomic mass is 32.2. The molecule has 26 heavy (non-hydrogen) atoms. The van der Waals surface area contributed by atoms with Gasteiger partial charge >= 0.3 is 0 Å². The van der Waals surface area contributed by atoms with Crippen LogP contribution < -0.4 is 10.6 Å². The molecule has 0 aliphatic heterocycles. The van der Waals surface area contributed by atoms with Gasteiger partial charge in [-0.1, -0.05) is 31.7 Å². The summed E-state index contributed by atoms with van der Waals surface area (Å²) in [5.74, 6) is 9.60. The van der Waals surface area contributed by atoms with Crippen LogP contribution in [0.1, 0.15) is 36.7 Å². The van der Waals surface area contributed by atoms with Gasteiger partial charge in [0.1, 0.15) is 11.5 Å². The van der Waals surface area contributed by atoms with Crippen LogP contribution in [-0.4, -0.2) is 27.2 Å². The van der Waals surface area contributed by atoms with Crippen LogP contribution in [0.15, 0.2) is 40.1 Å². The highest BCUT2D eigenvalue weighted by Gasteiger charge is 2.15. The Morgan fingerprint density at radius 3 is 2.69 bits per heavy atom. The molecule has 0 fully saturated rings. The topological polar surface area (TPSA) is 79.1 Å². The number of hydrogen-bond acceptors (Lipinski definition) is 6. The standard InChI is InChI=1S/C19H24N4O2S/c1-12(2)16-6-5-15(11-13(16)3)25-9-10-26-19-22-21-18(23(19)20)17-7-8-24-14(17)4/h5-8,11-12H,9-10,20H2,1-4H3. The van der Waals surface area contributed by atoms with E-state index in [1.807, 2.05) is 19.1 Å². The fourth-order valence-corrected chi connectivity index (χ4v) is 3.53. The maximum absolute atomic E-state index is 6.11. The summed E-state index contributed by atoms with van der Waals surface area (Å²) in [4.78, 5) is 0. The molecule has 3 rings (SSSR count). The van der Waals surface area contributed by atoms with Crippen LogP contribution >= 0.6 is 11.8 Å². The molecular weight excluding hydrogens is 348 g/mol. The Labute approximate surface area is 157 Å². The van der Waals surface area contributed by atoms with Crippen LogP contribution in [0.2, 0.25) is 0 Å². The summed E-state index contributed by atoms with van der Waals surface area (Å²) >= 11 is 1.51. The second kappa shape index (κ2) is 7.86. The predicted octanol–water partition coefficient (Wildman–Crippen LogP) is 4.16. The number of benzene rings is 1. The van der Waals surface area contributed by atoms with Crippen LogP contribution in [0.3, 0.4) is 0 Å². The fraction of sp³-hybridized carbons (Fsp3) is 0.368. The van der Waals surface area contributed by atoms with Gasteiger partial charge in [-0.3, -0.25) is 0 Å². The number of nitrogen functional groups attached to an aromatic ring is 1. The number of hydrogen-bond donors (Lipinski definition) is 1. The lowest BCUT2D eigenvalue weighted by Gasteiger charge is -2.12. The van der Waals surface area contributed by atoms with Crippen molar-refractivity contribution in [3.05, 3.63) is 47.4 Å². The highest BCUT2D eigenvalue weighted by Crippen LogP contribution is 2.26. The zero-order chi connectivity index (χ0) is 18.7. The van der Waals surface area contributed by atoms with Crippen molar-refractivity contribution in [2.75, 3.05) is 18.2 Å². The van der Waals surface area contributed by atoms with Gasteiger partial charge < -0.3 is 15.0 Å². The molecule has 0 spiro atoms. The van der Waals surface area contributed by atoms with Crippen LogP contribution in [-0.2, 0) is 0 Å². The SMILES string of the molecule is Cc1cc(OCCSc2nnc(-c3ccoc3C)n2N)ccc1C(C)C. The van der Waals surface area contributed by atoms with E-state index in [1.165, 1.54) is 27.6 Å². The van der Waals surface area contributed by atoms with Crippen molar-refractivity contribution in [3.8, 4) is 17.1 Å². The van der Waals surface area contributed by atoms with Gasteiger partial charge in [0, 0.05) is 5.75 Å². The van der Waals surface area contributed by atoms with Gasteiger partial charge in [-0.2, -0.15) is 0 Å². The molecule has 138 valence electrons. The number of thioether (sulfide) groups is 1. The van der Waals surface area contributed by atoms with Crippen LogP contribution in [0.25, 0.3) is 11.4 Å². The van der Waals surface area contributed by atoms with Gasteiger partial charge in [0.05, 0.1) is 18.4 Å². The van der Waals surface area contributed by atoms with Crippen molar-refractivity contribution in [2.45, 2.75) is 38.8 Å². The Bertz CT molecular complexity index is 886. The summed E-state index contributed by atoms with van der Waals surface area (Å²) in [6, 6.07) is 8.09. The fourth-order valence-electron chi connectivity index (χ4n) is 2.85. The largest absolute Gasteiger partial charge is 0.493 e. The van der Waals surface area contributed by atoms with Crippen molar-refractivity contribution in [1.82, 2.24) is 14.9 Å². The molecule has 3 aromatic rings. The minimum atomic E-state index is 0.517. The number of ether oxygens (including phenoxy) is 1. The van der Waals surface area contributed by atoms with E-state index in [9.17, 15) is 0 Å². The second-order valence-electron chi connectivity index (χ2n) is 6.44. The van der Waals surface area contributed by atoms with Gasteiger partial charge in [-0.25, -0.2) is 4.68 Å². The van der Waals surface area contributed by atoms with E-state index in [-0.39, 0.29) is 0 Å². The monoisotopic (exact) mass is 372 g/mol. The molecule has 0 aliphatic rings. The predicted molar refractivity (Wildman–Crippen MR) is 104 cm³/mol. The van der Waals surface area contributed by atoms with Crippen LogP contribution in [0, 0.1) is 13.8 Å². The van der Waals surface area contributed by atoms with Crippen molar-refractivity contribution in [1.29, 1.82) is 0 Å². The summed E-state index contributed by atoms with van der Waals surface area (Å²) < 4.78 is 12.6. The van der Waals surface area contributed by atoms with E-state index < -0.39 is 0 Å². The van der Waals surface area contributed by atoms with E-state index >= 15 is 0 Å². The molecule has 0 bridgehead atoms. The molecule has 0 saturated heterocycles. The third-order valence-corrected chi connectivity index (χ3v) is 5.12. The molecule has 7 heteroatoms. The average Bonchev–Trinajstić information content (AvgIpc) is 3.17. The van der Waals surface area contributed by atoms with Crippen molar-refractivity contribution >= 4 is 11.8 Å². The average molecular weight is 372 g/mol. The Balaban J connectivity index is 1.55. The first-order valence-corrected chi connectivity index (χ1v) is 9.57. The smallest absolute Gasteiger partial charge is 0.210 e. The molecule has 2 aromatic heterocycles. The van der Waals surface area contributed by atoms with Gasteiger partial charge in [0.25, 0.3) is 0 Å². The quantitative estimate of drug-likeness (QED) is 0.381. The molecule has 0 unspecified atom stereocenters. The summed E-state index contributed by atoms with van der Waals surface area (Å²) in [5, 5.41) is 8.96. The Morgan fingerprint density at radius 1 is 1.23 bits per heavy atom. The van der Waals surface area contributed by atoms with Gasteiger partial charge in [0.15, 0.2) is 5.82 Å². The first kappa shape index (κ1) is 18.4. The molecule has 1 aromatic carbocycles. The first-order valence-electron chi connectivity index (χ1n) is 8.58. The Hall–Kier alpha value is -2.41. The molecule has 0 saturated carbocycles. The van der Waals surface area contributed by atoms with E-state index in [1.54, 1.807) is 6.26 Å². The number of nitrogens with zero attached hydrogens (tertiary/aromatic N) is 3. The van der Waals surface area contributed by atoms with Crippen LogP contribution in [0.4, 0.5) is 0 Å². The third-order valence-electron chi connectivity index (χ3n) is 4.21. The zero-order valence-electron chi connectivity index (χ0n) is 15.5. The maximum Gasteiger partial charge on any atom is 0.210 e. The van der Waals surface area contributed by atoms with Gasteiger partial charge in [0.2, 0.25) is 5.16 Å². The van der Waals surface area contributed by atoms with Crippen molar-refractivity contribution in [3.63, 3.8) is 0 Å². The number of rotatable bonds is 7. The summed E-state index contributed by atoms with van der Waals surface area (Å²) in [6.45, 7) is 8.95. The lowest BCUT2D eigenvalue weighted by atomic mass is 9.98. The summed E-state index contributed by atoms with van der Waals surface area (Å²) in [7, 11) is 0. The first-order chi connectivity index (χ1) is 12.5. The summed E-state index contributed by atoms with van der Waals surface area (Å²) in [6.07, 6.45) is 1.62. The molecule has 0 amide bonds. The number of aromatic nitrogens is 3. The van der Waals surface area contributed by atoms with E-state index in [4.69, 9.17) is 15.0 Å². The van der Waals surface area contributed by atoms with E-state index in [2.05, 4.69) is 43.1 Å². The normalized spacial score (nSPS) is 11.3. The molecule has 0 radical (unpaired) electrons. The molecule has 6 nitrogen and oxygen atoms in total. The third kappa shape index (κ3) is 3.88. The number of nitrogens with two attached hydrogens (primary N) is 1. The molecule has 0 aliphatic carbocycles. The minimum absolute atomic E-state index is 0.517. The highest BCUT2D eigenvalue weighted by molar-refractivity contribution is 7.99. The molecule has 0 atom stereocenters. The van der Waals surface area contributed by atoms with E-state index in [0.717, 1.165) is 22.8 Å². The minimum Gasteiger partial charge on any atom is -0.493 e. The van der Waals surface area contributed by atoms with Crippen molar-refractivity contribution < 1.29 is 9.15 Å². The lowest BCUT2D eigenvalue weighted by Crippen LogP contribution is -2.12. The zero-order valence-corrected chi connectivity index (χ0v) is 16.3. The molecule has 2 heterocycles. The molecule has 2 N–H and O–H groups in total. The lowest BCUT2D eigenvalue weighted by molar-refractivity contribution is 0.343. The number of aryl methyl sites for hydroxylation is 2. The Morgan fingerprint density at radius 2 is 2.04 bits per heavy atom. The maximum atomic E-state index is 6.11. The Kier molecular flexibility index (Phi) is 5.56.